The van der Waals surface area contributed by atoms with Crippen molar-refractivity contribution in [2.45, 2.75) is 6.92 Å². The maximum Gasteiger partial charge on any atom is 0.165 e. The highest BCUT2D eigenvalue weighted by Crippen LogP contribution is 2.28. The van der Waals surface area contributed by atoms with Crippen molar-refractivity contribution in [3.05, 3.63) is 46.1 Å². The number of methoxy groups -OCH3 is 1. The third-order valence-corrected chi connectivity index (χ3v) is 3.56. The third-order valence-electron chi connectivity index (χ3n) is 3.06. The first-order chi connectivity index (χ1) is 11.9. The highest BCUT2D eigenvalue weighted by Gasteiger charge is 2.08. The van der Waals surface area contributed by atoms with Crippen molar-refractivity contribution in [3.8, 4) is 11.5 Å². The Hall–Kier alpha value is -2.51. The van der Waals surface area contributed by atoms with E-state index in [1.54, 1.807) is 31.2 Å². The van der Waals surface area contributed by atoms with E-state index >= 15 is 0 Å². The lowest BCUT2D eigenvalue weighted by atomic mass is 10.1. The lowest BCUT2D eigenvalue weighted by Crippen LogP contribution is -2.29. The molecule has 25 heavy (non-hydrogen) atoms. The molecule has 0 radical (unpaired) electrons. The van der Waals surface area contributed by atoms with Gasteiger partial charge in [-0.15, -0.1) is 0 Å². The van der Waals surface area contributed by atoms with Crippen LogP contribution >= 0.6 is 23.2 Å². The van der Waals surface area contributed by atoms with Gasteiger partial charge in [-0.3, -0.25) is 5.43 Å². The summed E-state index contributed by atoms with van der Waals surface area (Å²) >= 11 is 11.8. The second-order valence-electron chi connectivity index (χ2n) is 4.82. The fourth-order valence-electron chi connectivity index (χ4n) is 1.85. The Morgan fingerprint density at radius 3 is 2.72 bits per heavy atom. The van der Waals surface area contributed by atoms with E-state index in [0.29, 0.717) is 33.1 Å². The fourth-order valence-corrected chi connectivity index (χ4v) is 2.27. The minimum Gasteiger partial charge on any atom is -0.546 e. The van der Waals surface area contributed by atoms with Crippen LogP contribution in [0.15, 0.2) is 35.6 Å². The molecule has 0 aliphatic rings. The van der Waals surface area contributed by atoms with Crippen LogP contribution in [-0.4, -0.2) is 30.4 Å². The molecule has 0 unspecified atom stereocenters. The molecule has 0 bridgehead atoms. The zero-order valence-corrected chi connectivity index (χ0v) is 14.9. The normalized spacial score (nSPS) is 11.1. The van der Waals surface area contributed by atoms with E-state index < -0.39 is 12.6 Å². The number of carboxylic acid groups (broad SMARTS) is 1. The van der Waals surface area contributed by atoms with E-state index in [9.17, 15) is 9.90 Å². The van der Waals surface area contributed by atoms with Crippen LogP contribution < -0.4 is 20.0 Å². The molecular formula is C16H14Cl2N3O4-. The summed E-state index contributed by atoms with van der Waals surface area (Å²) in [5.74, 6) is -0.290. The molecule has 0 aliphatic heterocycles. The Balaban J connectivity index is 2.17. The Labute approximate surface area is 154 Å². The quantitative estimate of drug-likeness (QED) is 0.583. The maximum absolute atomic E-state index is 10.5. The van der Waals surface area contributed by atoms with Crippen LogP contribution in [0.25, 0.3) is 0 Å². The number of aromatic nitrogens is 1. The summed E-state index contributed by atoms with van der Waals surface area (Å²) in [4.78, 5) is 14.5. The highest BCUT2D eigenvalue weighted by molar-refractivity contribution is 6.35. The summed E-state index contributed by atoms with van der Waals surface area (Å²) in [5, 5.41) is 15.5. The number of hydrogen-bond acceptors (Lipinski definition) is 7. The van der Waals surface area contributed by atoms with E-state index in [4.69, 9.17) is 32.7 Å². The van der Waals surface area contributed by atoms with Crippen LogP contribution in [0.3, 0.4) is 0 Å². The molecule has 1 aromatic carbocycles. The molecule has 1 N–H and O–H groups in total. The van der Waals surface area contributed by atoms with Gasteiger partial charge in [0.25, 0.3) is 0 Å². The van der Waals surface area contributed by atoms with Gasteiger partial charge in [0.1, 0.15) is 6.61 Å². The molecule has 0 spiro atoms. The van der Waals surface area contributed by atoms with Gasteiger partial charge in [-0.25, -0.2) is 4.98 Å². The van der Waals surface area contributed by atoms with E-state index in [1.165, 1.54) is 13.3 Å². The first-order valence-corrected chi connectivity index (χ1v) is 7.78. The number of halogens is 2. The average Bonchev–Trinajstić information content (AvgIpc) is 2.58. The maximum atomic E-state index is 10.5. The van der Waals surface area contributed by atoms with Gasteiger partial charge >= 0.3 is 0 Å². The van der Waals surface area contributed by atoms with Crippen LogP contribution in [0, 0.1) is 0 Å². The number of hydrogen-bond donors (Lipinski definition) is 1. The fraction of sp³-hybridized carbons (Fsp3) is 0.188. The number of rotatable bonds is 7. The number of nitrogens with one attached hydrogen (secondary N) is 1. The second-order valence-corrected chi connectivity index (χ2v) is 5.66. The molecule has 9 heteroatoms. The SMILES string of the molecule is COc1cc(/C(C)=N\Nc2ncc(Cl)cc2Cl)ccc1OCC(=O)[O-]. The van der Waals surface area contributed by atoms with Crippen LogP contribution in [-0.2, 0) is 4.79 Å². The summed E-state index contributed by atoms with van der Waals surface area (Å²) in [5.41, 5.74) is 4.11. The number of carbonyl (C=O) groups is 1. The first kappa shape index (κ1) is 18.8. The second kappa shape index (κ2) is 8.55. The van der Waals surface area contributed by atoms with Gasteiger partial charge in [-0.1, -0.05) is 23.2 Å². The van der Waals surface area contributed by atoms with Crippen molar-refractivity contribution >= 4 is 40.7 Å². The van der Waals surface area contributed by atoms with Crippen LogP contribution in [0.2, 0.25) is 10.0 Å². The summed E-state index contributed by atoms with van der Waals surface area (Å²) in [6.45, 7) is 1.21. The van der Waals surface area contributed by atoms with Crippen LogP contribution in [0.1, 0.15) is 12.5 Å². The number of carboxylic acids is 1. The number of ether oxygens (including phenoxy) is 2. The number of carbonyl (C=O) groups excluding carboxylic acids is 1. The average molecular weight is 383 g/mol. The Bertz CT molecular complexity index is 812. The number of anilines is 1. The molecule has 2 rings (SSSR count). The summed E-state index contributed by atoms with van der Waals surface area (Å²) in [7, 11) is 1.45. The van der Waals surface area contributed by atoms with Gasteiger partial charge in [-0.2, -0.15) is 5.10 Å². The predicted molar refractivity (Wildman–Crippen MR) is 93.6 cm³/mol. The lowest BCUT2D eigenvalue weighted by molar-refractivity contribution is -0.307. The molecule has 0 amide bonds. The van der Waals surface area contributed by atoms with Gasteiger partial charge < -0.3 is 19.4 Å². The van der Waals surface area contributed by atoms with E-state index in [1.807, 2.05) is 0 Å². The van der Waals surface area contributed by atoms with Crippen molar-refractivity contribution in [1.82, 2.24) is 4.98 Å². The van der Waals surface area contributed by atoms with Crippen molar-refractivity contribution < 1.29 is 19.4 Å². The minimum absolute atomic E-state index is 0.290. The first-order valence-electron chi connectivity index (χ1n) is 7.03. The molecule has 1 aromatic heterocycles. The summed E-state index contributed by atoms with van der Waals surface area (Å²) in [6, 6.07) is 6.52. The molecule has 1 heterocycles. The molecule has 2 aromatic rings. The Morgan fingerprint density at radius 1 is 1.32 bits per heavy atom. The largest absolute Gasteiger partial charge is 0.546 e. The molecule has 7 nitrogen and oxygen atoms in total. The predicted octanol–water partition coefficient (Wildman–Crippen LogP) is 2.36. The smallest absolute Gasteiger partial charge is 0.165 e. The summed E-state index contributed by atoms with van der Waals surface area (Å²) < 4.78 is 10.3. The van der Waals surface area contributed by atoms with E-state index in [0.717, 1.165) is 5.56 Å². The number of hydrazone groups is 1. The van der Waals surface area contributed by atoms with Gasteiger partial charge in [-0.05, 0) is 31.2 Å². The third kappa shape index (κ3) is 5.23. The minimum atomic E-state index is -1.32. The van der Waals surface area contributed by atoms with Gasteiger partial charge in [0.2, 0.25) is 0 Å². The molecule has 132 valence electrons. The zero-order chi connectivity index (χ0) is 18.4. The lowest BCUT2D eigenvalue weighted by Gasteiger charge is -2.12. The molecule has 0 saturated carbocycles. The number of nitrogens with zero attached hydrogens (tertiary/aromatic N) is 2. The molecule has 0 aliphatic carbocycles. The molecular weight excluding hydrogens is 369 g/mol. The molecule has 0 saturated heterocycles. The molecule has 0 fully saturated rings. The van der Waals surface area contributed by atoms with Crippen LogP contribution in [0.5, 0.6) is 11.5 Å². The standard InChI is InChI=1S/C16H15Cl2N3O4/c1-9(20-21-16-12(18)6-11(17)7-19-16)10-3-4-13(14(5-10)24-2)25-8-15(22)23/h3-7H,8H2,1-2H3,(H,19,21)(H,22,23)/p-1/b20-9-. The topological polar surface area (TPSA) is 95.9 Å². The number of benzene rings is 1. The van der Waals surface area contributed by atoms with E-state index in [-0.39, 0.29) is 0 Å². The van der Waals surface area contributed by atoms with Gasteiger partial charge in [0, 0.05) is 11.8 Å². The zero-order valence-electron chi connectivity index (χ0n) is 13.4. The van der Waals surface area contributed by atoms with Crippen LogP contribution in [0.4, 0.5) is 5.82 Å². The van der Waals surface area contributed by atoms with Gasteiger partial charge in [0.05, 0.1) is 28.8 Å². The van der Waals surface area contributed by atoms with Crippen molar-refractivity contribution in [1.29, 1.82) is 0 Å². The number of pyridine rings is 1. The Morgan fingerprint density at radius 2 is 2.08 bits per heavy atom. The molecule has 0 atom stereocenters. The van der Waals surface area contributed by atoms with Crippen molar-refractivity contribution in [2.24, 2.45) is 5.10 Å². The summed E-state index contributed by atoms with van der Waals surface area (Å²) in [6.07, 6.45) is 1.45. The monoisotopic (exact) mass is 382 g/mol. The Kier molecular flexibility index (Phi) is 6.44. The van der Waals surface area contributed by atoms with Gasteiger partial charge in [0.15, 0.2) is 17.3 Å². The highest BCUT2D eigenvalue weighted by atomic mass is 35.5. The van der Waals surface area contributed by atoms with Crippen molar-refractivity contribution in [2.75, 3.05) is 19.1 Å². The van der Waals surface area contributed by atoms with Crippen molar-refractivity contribution in [3.63, 3.8) is 0 Å². The number of aliphatic carboxylic acids is 1. The van der Waals surface area contributed by atoms with E-state index in [2.05, 4.69) is 15.5 Å².